The van der Waals surface area contributed by atoms with Crippen LogP contribution in [0.5, 0.6) is 0 Å². The minimum Gasteiger partial charge on any atom is -0.206 e. The number of nitrogens with zero attached hydrogens (tertiary/aromatic N) is 1. The molecule has 0 bridgehead atoms. The Morgan fingerprint density at radius 3 is 2.79 bits per heavy atom. The van der Waals surface area contributed by atoms with E-state index in [1.165, 1.54) is 12.5 Å². The molecule has 19 heavy (non-hydrogen) atoms. The summed E-state index contributed by atoms with van der Waals surface area (Å²) in [6, 6.07) is 5.02. The standard InChI is InChI=1S/C12H16N2O2S3/c1-17-11-5-3-2-4-10(11)14-19(15,16)12-7-6-9(8-13)18-12/h6-7,10-11,14H,2-5H2,1H3. The van der Waals surface area contributed by atoms with Crippen LogP contribution in [0.15, 0.2) is 16.3 Å². The zero-order chi connectivity index (χ0) is 13.9. The summed E-state index contributed by atoms with van der Waals surface area (Å²) < 4.78 is 27.6. The first-order valence-corrected chi connectivity index (χ1v) is 9.70. The van der Waals surface area contributed by atoms with Crippen molar-refractivity contribution in [1.29, 1.82) is 5.26 Å². The summed E-state index contributed by atoms with van der Waals surface area (Å²) in [6.45, 7) is 0. The fraction of sp³-hybridized carbons (Fsp3) is 0.583. The number of sulfonamides is 1. The third-order valence-corrected chi connectivity index (χ3v) is 7.41. The molecule has 2 rings (SSSR count). The molecule has 1 aliphatic carbocycles. The van der Waals surface area contributed by atoms with E-state index in [0.717, 1.165) is 30.6 Å². The minimum absolute atomic E-state index is 0.00128. The van der Waals surface area contributed by atoms with Crippen LogP contribution in [-0.4, -0.2) is 26.0 Å². The van der Waals surface area contributed by atoms with Gasteiger partial charge in [0.15, 0.2) is 0 Å². The predicted octanol–water partition coefficient (Wildman–Crippen LogP) is 2.57. The Kier molecular flexibility index (Phi) is 4.90. The highest BCUT2D eigenvalue weighted by Gasteiger charge is 2.29. The Bertz CT molecular complexity index is 574. The van der Waals surface area contributed by atoms with Crippen molar-refractivity contribution < 1.29 is 8.42 Å². The van der Waals surface area contributed by atoms with Crippen molar-refractivity contribution in [3.8, 4) is 6.07 Å². The van der Waals surface area contributed by atoms with Gasteiger partial charge in [0, 0.05) is 11.3 Å². The monoisotopic (exact) mass is 316 g/mol. The van der Waals surface area contributed by atoms with Gasteiger partial charge in [-0.25, -0.2) is 13.1 Å². The molecule has 1 fully saturated rings. The molecule has 0 amide bonds. The van der Waals surface area contributed by atoms with E-state index in [-0.39, 0.29) is 10.3 Å². The van der Waals surface area contributed by atoms with E-state index in [1.807, 2.05) is 12.3 Å². The van der Waals surface area contributed by atoms with Crippen LogP contribution in [0.1, 0.15) is 30.6 Å². The lowest BCUT2D eigenvalue weighted by Crippen LogP contribution is -2.43. The summed E-state index contributed by atoms with van der Waals surface area (Å²) in [4.78, 5) is 0.422. The van der Waals surface area contributed by atoms with Crippen molar-refractivity contribution in [2.45, 2.75) is 41.2 Å². The molecule has 7 heteroatoms. The second kappa shape index (κ2) is 6.27. The summed E-state index contributed by atoms with van der Waals surface area (Å²) in [5.74, 6) is 0. The molecule has 1 N–H and O–H groups in total. The van der Waals surface area contributed by atoms with Crippen LogP contribution in [0, 0.1) is 11.3 Å². The SMILES string of the molecule is CSC1CCCCC1NS(=O)(=O)c1ccc(C#N)s1. The molecule has 1 heterocycles. The van der Waals surface area contributed by atoms with Gasteiger partial charge in [0.2, 0.25) is 10.0 Å². The predicted molar refractivity (Wildman–Crippen MR) is 78.9 cm³/mol. The zero-order valence-electron chi connectivity index (χ0n) is 10.6. The lowest BCUT2D eigenvalue weighted by atomic mass is 9.96. The Balaban J connectivity index is 2.14. The topological polar surface area (TPSA) is 70.0 Å². The van der Waals surface area contributed by atoms with Gasteiger partial charge >= 0.3 is 0 Å². The number of nitrogens with one attached hydrogen (secondary N) is 1. The quantitative estimate of drug-likeness (QED) is 0.927. The van der Waals surface area contributed by atoms with E-state index in [0.29, 0.717) is 10.1 Å². The second-order valence-electron chi connectivity index (χ2n) is 4.52. The van der Waals surface area contributed by atoms with Gasteiger partial charge in [-0.3, -0.25) is 0 Å². The first-order valence-electron chi connectivity index (χ1n) is 6.12. The average Bonchev–Trinajstić information content (AvgIpc) is 2.88. The molecule has 0 spiro atoms. The third kappa shape index (κ3) is 3.51. The van der Waals surface area contributed by atoms with Crippen LogP contribution in [0.25, 0.3) is 0 Å². The molecule has 0 saturated heterocycles. The third-order valence-electron chi connectivity index (χ3n) is 3.27. The first kappa shape index (κ1) is 14.9. The summed E-state index contributed by atoms with van der Waals surface area (Å²) >= 11 is 2.74. The molecular weight excluding hydrogens is 300 g/mol. The number of hydrogen-bond acceptors (Lipinski definition) is 5. The maximum absolute atomic E-state index is 12.3. The largest absolute Gasteiger partial charge is 0.250 e. The van der Waals surface area contributed by atoms with Crippen molar-refractivity contribution in [3.05, 3.63) is 17.0 Å². The molecule has 1 aromatic rings. The zero-order valence-corrected chi connectivity index (χ0v) is 13.1. The maximum atomic E-state index is 12.3. The molecule has 2 atom stereocenters. The van der Waals surface area contributed by atoms with Crippen molar-refractivity contribution in [2.75, 3.05) is 6.26 Å². The number of nitriles is 1. The number of thiophene rings is 1. The Hall–Kier alpha value is -0.550. The van der Waals surface area contributed by atoms with Crippen LogP contribution in [0.2, 0.25) is 0 Å². The summed E-state index contributed by atoms with van der Waals surface area (Å²) in [5, 5.41) is 9.11. The lowest BCUT2D eigenvalue weighted by Gasteiger charge is -2.30. The Morgan fingerprint density at radius 1 is 1.42 bits per heavy atom. The van der Waals surface area contributed by atoms with Crippen LogP contribution in [0.4, 0.5) is 0 Å². The summed E-state index contributed by atoms with van der Waals surface area (Å²) in [7, 11) is -3.49. The van der Waals surface area contributed by atoms with Gasteiger partial charge in [0.1, 0.15) is 15.2 Å². The molecule has 1 aromatic heterocycles. The van der Waals surface area contributed by atoms with E-state index in [1.54, 1.807) is 17.8 Å². The van der Waals surface area contributed by atoms with Gasteiger partial charge in [-0.1, -0.05) is 12.8 Å². The fourth-order valence-electron chi connectivity index (χ4n) is 2.30. The fourth-order valence-corrected chi connectivity index (χ4v) is 5.75. The minimum atomic E-state index is -3.49. The normalized spacial score (nSPS) is 24.0. The van der Waals surface area contributed by atoms with Crippen LogP contribution in [0.3, 0.4) is 0 Å². The molecule has 1 saturated carbocycles. The molecule has 4 nitrogen and oxygen atoms in total. The molecule has 0 aromatic carbocycles. The summed E-state index contributed by atoms with van der Waals surface area (Å²) in [6.07, 6.45) is 6.21. The smallest absolute Gasteiger partial charge is 0.206 e. The van der Waals surface area contributed by atoms with E-state index in [9.17, 15) is 8.42 Å². The van der Waals surface area contributed by atoms with Gasteiger partial charge in [-0.2, -0.15) is 17.0 Å². The number of rotatable bonds is 4. The highest BCUT2D eigenvalue weighted by molar-refractivity contribution is 7.99. The van der Waals surface area contributed by atoms with E-state index < -0.39 is 10.0 Å². The molecule has 0 radical (unpaired) electrons. The Morgan fingerprint density at radius 2 is 2.16 bits per heavy atom. The van der Waals surface area contributed by atoms with Crippen LogP contribution < -0.4 is 4.72 Å². The first-order chi connectivity index (χ1) is 9.06. The Labute approximate surface area is 122 Å². The molecule has 2 unspecified atom stereocenters. The molecule has 1 aliphatic rings. The van der Waals surface area contributed by atoms with E-state index >= 15 is 0 Å². The molecule has 104 valence electrons. The van der Waals surface area contributed by atoms with Gasteiger partial charge in [0.25, 0.3) is 0 Å². The van der Waals surface area contributed by atoms with Gasteiger partial charge in [-0.05, 0) is 31.2 Å². The highest BCUT2D eigenvalue weighted by Crippen LogP contribution is 2.29. The van der Waals surface area contributed by atoms with Crippen molar-refractivity contribution in [1.82, 2.24) is 4.72 Å². The maximum Gasteiger partial charge on any atom is 0.250 e. The van der Waals surface area contributed by atoms with Crippen LogP contribution >= 0.6 is 23.1 Å². The number of thioether (sulfide) groups is 1. The summed E-state index contributed by atoms with van der Waals surface area (Å²) in [5.41, 5.74) is 0. The van der Waals surface area contributed by atoms with Crippen molar-refractivity contribution in [3.63, 3.8) is 0 Å². The van der Waals surface area contributed by atoms with E-state index in [4.69, 9.17) is 5.26 Å². The van der Waals surface area contributed by atoms with Gasteiger partial charge in [0.05, 0.1) is 0 Å². The van der Waals surface area contributed by atoms with E-state index in [2.05, 4.69) is 4.72 Å². The van der Waals surface area contributed by atoms with Crippen molar-refractivity contribution >= 4 is 33.1 Å². The lowest BCUT2D eigenvalue weighted by molar-refractivity contribution is 0.423. The average molecular weight is 316 g/mol. The molecular formula is C12H16N2O2S3. The van der Waals surface area contributed by atoms with Gasteiger partial charge < -0.3 is 0 Å². The van der Waals surface area contributed by atoms with Crippen LogP contribution in [-0.2, 0) is 10.0 Å². The van der Waals surface area contributed by atoms with Crippen molar-refractivity contribution in [2.24, 2.45) is 0 Å². The molecule has 0 aliphatic heterocycles. The van der Waals surface area contributed by atoms with Gasteiger partial charge in [-0.15, -0.1) is 11.3 Å². The highest BCUT2D eigenvalue weighted by atomic mass is 32.2. The number of hydrogen-bond donors (Lipinski definition) is 1. The second-order valence-corrected chi connectivity index (χ2v) is 8.62.